The zero-order valence-electron chi connectivity index (χ0n) is 15.0. The number of fused-ring (bicyclic) bond motifs is 4. The average molecular weight is 388 g/mol. The molecule has 8 heteroatoms. The zero-order chi connectivity index (χ0) is 18.8. The molecule has 0 aliphatic carbocycles. The lowest BCUT2D eigenvalue weighted by atomic mass is 9.94. The summed E-state index contributed by atoms with van der Waals surface area (Å²) in [7, 11) is 0. The highest BCUT2D eigenvalue weighted by Gasteiger charge is 2.38. The van der Waals surface area contributed by atoms with Gasteiger partial charge in [-0.3, -0.25) is 19.3 Å². The Hall–Kier alpha value is -2.41. The molecule has 0 radical (unpaired) electrons. The van der Waals surface area contributed by atoms with Gasteiger partial charge in [-0.15, -0.1) is 0 Å². The molecule has 2 aromatic heterocycles. The number of pyridine rings is 1. The van der Waals surface area contributed by atoms with E-state index >= 15 is 0 Å². The van der Waals surface area contributed by atoms with Crippen LogP contribution in [0.2, 0.25) is 5.02 Å². The first-order chi connectivity index (χ1) is 13.1. The van der Waals surface area contributed by atoms with Crippen LogP contribution in [0.25, 0.3) is 0 Å². The minimum absolute atomic E-state index is 0.0482. The molecule has 5 heterocycles. The number of carbonyl (C=O) groups is 2. The van der Waals surface area contributed by atoms with E-state index in [1.807, 2.05) is 15.9 Å². The van der Waals surface area contributed by atoms with Crippen LogP contribution in [0.4, 0.5) is 0 Å². The van der Waals surface area contributed by atoms with Crippen LogP contribution in [0.1, 0.15) is 29.8 Å². The first-order valence-corrected chi connectivity index (χ1v) is 9.65. The largest absolute Gasteiger partial charge is 0.338 e. The Kier molecular flexibility index (Phi) is 5.11. The van der Waals surface area contributed by atoms with E-state index in [4.69, 9.17) is 11.6 Å². The highest BCUT2D eigenvalue weighted by Crippen LogP contribution is 2.29. The van der Waals surface area contributed by atoms with Crippen LogP contribution in [-0.4, -0.2) is 62.1 Å². The molecule has 0 aromatic carbocycles. The highest BCUT2D eigenvalue weighted by atomic mass is 35.5. The minimum atomic E-state index is -0.0482. The van der Waals surface area contributed by atoms with E-state index in [0.29, 0.717) is 42.7 Å². The van der Waals surface area contributed by atoms with Gasteiger partial charge in [0.25, 0.3) is 5.91 Å². The van der Waals surface area contributed by atoms with Crippen LogP contribution in [-0.2, 0) is 11.3 Å². The Morgan fingerprint density at radius 2 is 2.07 bits per heavy atom. The van der Waals surface area contributed by atoms with Crippen molar-refractivity contribution in [3.05, 3.63) is 47.5 Å². The molecular formula is C19H22ClN5O2. The topological polar surface area (TPSA) is 71.3 Å². The summed E-state index contributed by atoms with van der Waals surface area (Å²) in [6.07, 6.45) is 7.30. The van der Waals surface area contributed by atoms with Crippen molar-refractivity contribution in [3.63, 3.8) is 0 Å². The van der Waals surface area contributed by atoms with Crippen LogP contribution in [0, 0.1) is 5.92 Å². The van der Waals surface area contributed by atoms with Crippen molar-refractivity contribution < 1.29 is 9.59 Å². The monoisotopic (exact) mass is 387 g/mol. The molecule has 3 fully saturated rings. The van der Waals surface area contributed by atoms with Gasteiger partial charge in [0.1, 0.15) is 5.69 Å². The number of carbonyl (C=O) groups excluding carboxylic acids is 2. The molecule has 3 aliphatic rings. The lowest BCUT2D eigenvalue weighted by Gasteiger charge is -2.36. The summed E-state index contributed by atoms with van der Waals surface area (Å²) in [5.41, 5.74) is 0.465. The molecule has 3 aliphatic heterocycles. The summed E-state index contributed by atoms with van der Waals surface area (Å²) in [5.74, 6) is 0.385. The number of piperidine rings is 1. The summed E-state index contributed by atoms with van der Waals surface area (Å²) in [5, 5.41) is 4.69. The molecule has 142 valence electrons. The van der Waals surface area contributed by atoms with Crippen LogP contribution in [0.5, 0.6) is 0 Å². The maximum Gasteiger partial charge on any atom is 0.272 e. The van der Waals surface area contributed by atoms with Gasteiger partial charge >= 0.3 is 0 Å². The first-order valence-electron chi connectivity index (χ1n) is 9.28. The molecule has 2 aromatic rings. The Balaban J connectivity index is 1.42. The summed E-state index contributed by atoms with van der Waals surface area (Å²) >= 11 is 5.87. The first kappa shape index (κ1) is 18.0. The van der Waals surface area contributed by atoms with E-state index in [2.05, 4.69) is 10.1 Å². The van der Waals surface area contributed by atoms with Crippen molar-refractivity contribution >= 4 is 23.4 Å². The fraction of sp³-hybridized carbons (Fsp3) is 0.474. The smallest absolute Gasteiger partial charge is 0.272 e. The van der Waals surface area contributed by atoms with Gasteiger partial charge in [-0.2, -0.15) is 5.10 Å². The number of aryl methyl sites for hydroxylation is 1. The van der Waals surface area contributed by atoms with Crippen LogP contribution in [0.3, 0.4) is 0 Å². The van der Waals surface area contributed by atoms with Crippen LogP contribution >= 0.6 is 11.6 Å². The van der Waals surface area contributed by atoms with Crippen molar-refractivity contribution in [2.75, 3.05) is 19.6 Å². The normalized spacial score (nSPS) is 22.0. The van der Waals surface area contributed by atoms with Crippen molar-refractivity contribution in [1.29, 1.82) is 0 Å². The number of rotatable bonds is 4. The van der Waals surface area contributed by atoms with Crippen molar-refractivity contribution in [2.24, 2.45) is 5.92 Å². The Morgan fingerprint density at radius 3 is 2.81 bits per heavy atom. The fourth-order valence-corrected chi connectivity index (χ4v) is 4.18. The number of amides is 2. The van der Waals surface area contributed by atoms with Crippen molar-refractivity contribution in [2.45, 2.75) is 31.8 Å². The lowest BCUT2D eigenvalue weighted by Crippen LogP contribution is -2.48. The third-order valence-corrected chi connectivity index (χ3v) is 5.56. The van der Waals surface area contributed by atoms with Gasteiger partial charge in [-0.1, -0.05) is 17.7 Å². The molecule has 0 saturated carbocycles. The summed E-state index contributed by atoms with van der Waals surface area (Å²) in [6.45, 7) is 2.49. The molecule has 0 unspecified atom stereocenters. The van der Waals surface area contributed by atoms with Crippen LogP contribution < -0.4 is 0 Å². The van der Waals surface area contributed by atoms with E-state index in [1.54, 1.807) is 35.4 Å². The summed E-state index contributed by atoms with van der Waals surface area (Å²) < 4.78 is 1.69. The second-order valence-corrected chi connectivity index (χ2v) is 7.68. The van der Waals surface area contributed by atoms with Gasteiger partial charge in [0.15, 0.2) is 0 Å². The second-order valence-electron chi connectivity index (χ2n) is 7.24. The molecule has 0 spiro atoms. The van der Waals surface area contributed by atoms with E-state index in [1.165, 1.54) is 0 Å². The molecule has 27 heavy (non-hydrogen) atoms. The lowest BCUT2D eigenvalue weighted by molar-refractivity contribution is -0.135. The predicted octanol–water partition coefficient (Wildman–Crippen LogP) is 2.08. The van der Waals surface area contributed by atoms with Crippen molar-refractivity contribution in [3.8, 4) is 0 Å². The third kappa shape index (κ3) is 3.98. The SMILES string of the molecule is O=C(c1ccccn1)N1C[C@@H]2CC[C@H](C1)N(C(=O)CCn1cc(Cl)cn1)C2. The summed E-state index contributed by atoms with van der Waals surface area (Å²) in [6, 6.07) is 5.44. The maximum absolute atomic E-state index is 12.8. The molecule has 2 amide bonds. The Morgan fingerprint density at radius 1 is 1.19 bits per heavy atom. The zero-order valence-corrected chi connectivity index (χ0v) is 15.8. The van der Waals surface area contributed by atoms with E-state index in [9.17, 15) is 9.59 Å². The number of halogens is 1. The van der Waals surface area contributed by atoms with E-state index in [-0.39, 0.29) is 17.9 Å². The predicted molar refractivity (Wildman–Crippen MR) is 100 cm³/mol. The molecule has 0 N–H and O–H groups in total. The number of hydrogen-bond acceptors (Lipinski definition) is 4. The van der Waals surface area contributed by atoms with E-state index in [0.717, 1.165) is 19.4 Å². The van der Waals surface area contributed by atoms with E-state index < -0.39 is 0 Å². The Bertz CT molecular complexity index is 825. The van der Waals surface area contributed by atoms with Gasteiger partial charge in [-0.05, 0) is 30.9 Å². The molecular weight excluding hydrogens is 366 g/mol. The van der Waals surface area contributed by atoms with Gasteiger partial charge in [0.2, 0.25) is 5.91 Å². The molecule has 2 bridgehead atoms. The fourth-order valence-electron chi connectivity index (χ4n) is 4.02. The number of hydrogen-bond donors (Lipinski definition) is 0. The van der Waals surface area contributed by atoms with Crippen LogP contribution in [0.15, 0.2) is 36.8 Å². The van der Waals surface area contributed by atoms with Gasteiger partial charge in [-0.25, -0.2) is 0 Å². The molecule has 7 nitrogen and oxygen atoms in total. The highest BCUT2D eigenvalue weighted by molar-refractivity contribution is 6.30. The number of aromatic nitrogens is 3. The van der Waals surface area contributed by atoms with Gasteiger partial charge < -0.3 is 9.80 Å². The average Bonchev–Trinajstić information content (AvgIpc) is 2.91. The minimum Gasteiger partial charge on any atom is -0.338 e. The summed E-state index contributed by atoms with van der Waals surface area (Å²) in [4.78, 5) is 33.6. The standard InChI is InChI=1S/C19H22ClN5O2/c20-15-9-22-24(12-15)8-6-18(26)25-11-14-4-5-16(25)13-23(10-14)19(27)17-3-1-2-7-21-17/h1-3,7,9,12,14,16H,4-6,8,10-11,13H2/t14-,16+/m0/s1. The van der Waals surface area contributed by atoms with Crippen molar-refractivity contribution in [1.82, 2.24) is 24.6 Å². The number of nitrogens with zero attached hydrogens (tertiary/aromatic N) is 5. The molecule has 2 atom stereocenters. The second kappa shape index (κ2) is 7.68. The quantitative estimate of drug-likeness (QED) is 0.805. The van der Waals surface area contributed by atoms with Gasteiger partial charge in [0, 0.05) is 51.0 Å². The van der Waals surface area contributed by atoms with Gasteiger partial charge in [0.05, 0.1) is 11.2 Å². The molecule has 3 saturated heterocycles. The molecule has 5 rings (SSSR count). The maximum atomic E-state index is 12.8. The Labute approximate surface area is 162 Å². The third-order valence-electron chi connectivity index (χ3n) is 5.36.